The first-order valence-electron chi connectivity index (χ1n) is 9.51. The van der Waals surface area contributed by atoms with Crippen LogP contribution in [0.4, 0.5) is 5.69 Å². The smallest absolute Gasteiger partial charge is 0.246 e. The molecule has 4 aromatic rings. The molecule has 4 rings (SSSR count). The second-order valence-corrected chi connectivity index (χ2v) is 7.79. The summed E-state index contributed by atoms with van der Waals surface area (Å²) in [5.74, 6) is -0.112. The van der Waals surface area contributed by atoms with Gasteiger partial charge in [-0.25, -0.2) is 0 Å². The Morgan fingerprint density at radius 3 is 2.38 bits per heavy atom. The summed E-state index contributed by atoms with van der Waals surface area (Å²) < 4.78 is 1.74. The highest BCUT2D eigenvalue weighted by Crippen LogP contribution is 2.30. The van der Waals surface area contributed by atoms with E-state index in [-0.39, 0.29) is 12.5 Å². The number of hydrogen-bond acceptors (Lipinski definition) is 2. The van der Waals surface area contributed by atoms with Crippen LogP contribution in [0.2, 0.25) is 5.02 Å². The van der Waals surface area contributed by atoms with E-state index in [4.69, 9.17) is 16.7 Å². The summed E-state index contributed by atoms with van der Waals surface area (Å²) in [5, 5.41) is 9.36. The third-order valence-corrected chi connectivity index (χ3v) is 5.23. The molecule has 1 heterocycles. The van der Waals surface area contributed by atoms with Gasteiger partial charge in [0, 0.05) is 21.7 Å². The quantitative estimate of drug-likeness (QED) is 0.459. The van der Waals surface area contributed by atoms with Crippen molar-refractivity contribution in [1.29, 1.82) is 0 Å². The summed E-state index contributed by atoms with van der Waals surface area (Å²) in [4.78, 5) is 12.8. The number of carbonyl (C=O) groups is 1. The third kappa shape index (κ3) is 3.89. The number of nitrogens with one attached hydrogen (secondary N) is 1. The Hall–Kier alpha value is -3.11. The highest BCUT2D eigenvalue weighted by atomic mass is 35.5. The molecule has 0 unspecified atom stereocenters. The zero-order valence-corrected chi connectivity index (χ0v) is 17.4. The maximum Gasteiger partial charge on any atom is 0.246 e. The Morgan fingerprint density at radius 2 is 1.69 bits per heavy atom. The molecule has 0 spiro atoms. The normalized spacial score (nSPS) is 11.0. The van der Waals surface area contributed by atoms with E-state index in [1.54, 1.807) is 4.68 Å². The van der Waals surface area contributed by atoms with Gasteiger partial charge in [-0.1, -0.05) is 59.6 Å². The first-order chi connectivity index (χ1) is 13.9. The van der Waals surface area contributed by atoms with E-state index < -0.39 is 0 Å². The van der Waals surface area contributed by atoms with Gasteiger partial charge in [-0.2, -0.15) is 5.10 Å². The van der Waals surface area contributed by atoms with Crippen LogP contribution in [0.1, 0.15) is 16.7 Å². The Balaban J connectivity index is 1.69. The predicted octanol–water partition coefficient (Wildman–Crippen LogP) is 5.92. The minimum absolute atomic E-state index is 0.112. The van der Waals surface area contributed by atoms with Gasteiger partial charge in [-0.05, 0) is 50.1 Å². The molecule has 5 heteroatoms. The topological polar surface area (TPSA) is 46.9 Å². The van der Waals surface area contributed by atoms with Crippen LogP contribution < -0.4 is 5.32 Å². The monoisotopic (exact) mass is 403 g/mol. The lowest BCUT2D eigenvalue weighted by molar-refractivity contribution is -0.116. The molecule has 4 nitrogen and oxygen atoms in total. The molecule has 1 N–H and O–H groups in total. The highest BCUT2D eigenvalue weighted by molar-refractivity contribution is 6.31. The molecule has 0 aliphatic rings. The second kappa shape index (κ2) is 7.72. The van der Waals surface area contributed by atoms with E-state index in [0.29, 0.717) is 5.02 Å². The number of aryl methyl sites for hydroxylation is 3. The fourth-order valence-electron chi connectivity index (χ4n) is 3.77. The molecule has 0 radical (unpaired) electrons. The molecule has 146 valence electrons. The van der Waals surface area contributed by atoms with Crippen LogP contribution in [0.5, 0.6) is 0 Å². The number of benzene rings is 3. The maximum absolute atomic E-state index is 12.8. The Labute approximate surface area is 175 Å². The van der Waals surface area contributed by atoms with Crippen molar-refractivity contribution in [3.05, 3.63) is 82.4 Å². The highest BCUT2D eigenvalue weighted by Gasteiger charge is 2.16. The molecule has 1 amide bonds. The fourth-order valence-corrected chi connectivity index (χ4v) is 3.95. The van der Waals surface area contributed by atoms with Crippen molar-refractivity contribution in [1.82, 2.24) is 9.78 Å². The molecule has 0 aliphatic carbocycles. The fraction of sp³-hybridized carbons (Fsp3) is 0.167. The number of anilines is 1. The van der Waals surface area contributed by atoms with Crippen LogP contribution in [0, 0.1) is 20.8 Å². The first-order valence-corrected chi connectivity index (χ1v) is 9.89. The van der Waals surface area contributed by atoms with Crippen molar-refractivity contribution >= 4 is 34.1 Å². The summed E-state index contributed by atoms with van der Waals surface area (Å²) in [5.41, 5.74) is 6.84. The molecular weight excluding hydrogens is 382 g/mol. The third-order valence-electron chi connectivity index (χ3n) is 4.99. The van der Waals surface area contributed by atoms with Crippen LogP contribution in [0.15, 0.2) is 60.7 Å². The molecule has 0 bridgehead atoms. The van der Waals surface area contributed by atoms with E-state index >= 15 is 0 Å². The van der Waals surface area contributed by atoms with E-state index in [1.165, 1.54) is 5.56 Å². The summed E-state index contributed by atoms with van der Waals surface area (Å²) in [7, 11) is 0. The summed E-state index contributed by atoms with van der Waals surface area (Å²) in [6.45, 7) is 6.19. The van der Waals surface area contributed by atoms with E-state index in [9.17, 15) is 4.79 Å². The van der Waals surface area contributed by atoms with Gasteiger partial charge in [0.05, 0.1) is 5.52 Å². The second-order valence-electron chi connectivity index (χ2n) is 7.36. The van der Waals surface area contributed by atoms with Crippen molar-refractivity contribution in [3.8, 4) is 11.3 Å². The molecule has 0 fully saturated rings. The van der Waals surface area contributed by atoms with Gasteiger partial charge in [-0.15, -0.1) is 0 Å². The van der Waals surface area contributed by atoms with Gasteiger partial charge < -0.3 is 5.32 Å². The molecule has 29 heavy (non-hydrogen) atoms. The number of nitrogens with zero attached hydrogens (tertiary/aromatic N) is 2. The zero-order valence-electron chi connectivity index (χ0n) is 16.7. The van der Waals surface area contributed by atoms with Gasteiger partial charge >= 0.3 is 0 Å². The molecule has 1 aromatic heterocycles. The van der Waals surface area contributed by atoms with Crippen LogP contribution in [0.25, 0.3) is 22.2 Å². The Bertz CT molecular complexity index is 1190. The maximum atomic E-state index is 12.8. The van der Waals surface area contributed by atoms with E-state index in [1.807, 2.05) is 62.4 Å². The molecule has 0 saturated carbocycles. The summed E-state index contributed by atoms with van der Waals surface area (Å²) >= 11 is 6.23. The molecular formula is C24H22ClN3O. The Kier molecular flexibility index (Phi) is 5.12. The lowest BCUT2D eigenvalue weighted by Crippen LogP contribution is -2.20. The van der Waals surface area contributed by atoms with Gasteiger partial charge in [-0.3, -0.25) is 9.48 Å². The number of aromatic nitrogens is 2. The van der Waals surface area contributed by atoms with E-state index in [0.717, 1.165) is 39.0 Å². The predicted molar refractivity (Wildman–Crippen MR) is 119 cm³/mol. The lowest BCUT2D eigenvalue weighted by Gasteiger charge is -2.13. The molecule has 0 saturated heterocycles. The van der Waals surface area contributed by atoms with Gasteiger partial charge in [0.2, 0.25) is 5.91 Å². The molecule has 0 atom stereocenters. The average molecular weight is 404 g/mol. The molecule has 3 aromatic carbocycles. The van der Waals surface area contributed by atoms with Gasteiger partial charge in [0.1, 0.15) is 12.2 Å². The van der Waals surface area contributed by atoms with Crippen LogP contribution in [-0.2, 0) is 11.3 Å². The number of carbonyl (C=O) groups excluding carboxylic acids is 1. The summed E-state index contributed by atoms with van der Waals surface area (Å²) in [6.07, 6.45) is 0. The number of halogens is 1. The van der Waals surface area contributed by atoms with E-state index in [2.05, 4.69) is 24.4 Å². The minimum Gasteiger partial charge on any atom is -0.324 e. The Morgan fingerprint density at radius 1 is 1.00 bits per heavy atom. The van der Waals surface area contributed by atoms with Crippen LogP contribution in [0.3, 0.4) is 0 Å². The van der Waals surface area contributed by atoms with Gasteiger partial charge in [0.15, 0.2) is 0 Å². The minimum atomic E-state index is -0.112. The standard InChI is InChI=1S/C24H22ClN3O/c1-15-11-16(2)23(17(3)12-15)26-22(29)14-28-21-10-9-19(25)13-20(21)24(27-28)18-7-5-4-6-8-18/h4-13H,14H2,1-3H3,(H,26,29). The number of fused-ring (bicyclic) bond motifs is 1. The first kappa shape index (κ1) is 19.2. The number of amides is 1. The molecule has 0 aliphatic heterocycles. The van der Waals surface area contributed by atoms with Crippen molar-refractivity contribution in [3.63, 3.8) is 0 Å². The van der Waals surface area contributed by atoms with Gasteiger partial charge in [0.25, 0.3) is 0 Å². The van der Waals surface area contributed by atoms with Crippen molar-refractivity contribution in [2.75, 3.05) is 5.32 Å². The SMILES string of the molecule is Cc1cc(C)c(NC(=O)Cn2nc(-c3ccccc3)c3cc(Cl)ccc32)c(C)c1. The summed E-state index contributed by atoms with van der Waals surface area (Å²) in [6, 6.07) is 19.7. The average Bonchev–Trinajstić information content (AvgIpc) is 3.02. The van der Waals surface area contributed by atoms with Crippen LogP contribution in [-0.4, -0.2) is 15.7 Å². The number of hydrogen-bond donors (Lipinski definition) is 1. The van der Waals surface area contributed by atoms with Crippen molar-refractivity contribution in [2.24, 2.45) is 0 Å². The van der Waals surface area contributed by atoms with Crippen molar-refractivity contribution < 1.29 is 4.79 Å². The van der Waals surface area contributed by atoms with Crippen LogP contribution >= 0.6 is 11.6 Å². The largest absolute Gasteiger partial charge is 0.324 e. The zero-order chi connectivity index (χ0) is 20.5. The van der Waals surface area contributed by atoms with Crippen molar-refractivity contribution in [2.45, 2.75) is 27.3 Å². The lowest BCUT2D eigenvalue weighted by atomic mass is 10.1. The number of rotatable bonds is 4.